The molecule has 34 heavy (non-hydrogen) atoms. The lowest BCUT2D eigenvalue weighted by molar-refractivity contribution is -0.114. The molecule has 2 heterocycles. The van der Waals surface area contributed by atoms with Gasteiger partial charge in [0.25, 0.3) is 5.91 Å². The number of carbonyl (C=O) groups is 1. The van der Waals surface area contributed by atoms with Crippen molar-refractivity contribution in [2.75, 3.05) is 11.6 Å². The van der Waals surface area contributed by atoms with Crippen LogP contribution in [0.3, 0.4) is 0 Å². The van der Waals surface area contributed by atoms with Crippen LogP contribution in [0.4, 0.5) is 0 Å². The summed E-state index contributed by atoms with van der Waals surface area (Å²) in [7, 11) is 0. The highest BCUT2D eigenvalue weighted by atomic mass is 127. The van der Waals surface area contributed by atoms with Crippen LogP contribution in [0.1, 0.15) is 29.4 Å². The van der Waals surface area contributed by atoms with Gasteiger partial charge in [-0.3, -0.25) is 9.47 Å². The van der Waals surface area contributed by atoms with E-state index in [1.54, 1.807) is 5.01 Å². The van der Waals surface area contributed by atoms with Gasteiger partial charge in [-0.25, -0.2) is 0 Å². The Hall–Kier alpha value is -1.82. The van der Waals surface area contributed by atoms with Crippen LogP contribution in [0.2, 0.25) is 0 Å². The van der Waals surface area contributed by atoms with Gasteiger partial charge in [-0.05, 0) is 125 Å². The van der Waals surface area contributed by atoms with Gasteiger partial charge in [0.05, 0.1) is 16.0 Å². The number of ether oxygens (including phenoxy) is 2. The first-order valence-corrected chi connectivity index (χ1v) is 13.6. The van der Waals surface area contributed by atoms with E-state index in [1.165, 1.54) is 15.3 Å². The Morgan fingerprint density at radius 1 is 1.09 bits per heavy atom. The van der Waals surface area contributed by atoms with Crippen LogP contribution in [0.25, 0.3) is 6.08 Å². The summed E-state index contributed by atoms with van der Waals surface area (Å²) < 4.78 is 16.3. The largest absolute Gasteiger partial charge is 0.490 e. The maximum atomic E-state index is 13.2. The van der Waals surface area contributed by atoms with Gasteiger partial charge in [0.15, 0.2) is 15.8 Å². The molecule has 1 aromatic heterocycles. The molecule has 1 aliphatic heterocycles. The Bertz CT molecular complexity index is 1270. The molecule has 0 unspecified atom stereocenters. The number of halogens is 2. The van der Waals surface area contributed by atoms with Crippen molar-refractivity contribution < 1.29 is 14.3 Å². The van der Waals surface area contributed by atoms with Crippen LogP contribution >= 0.6 is 62.5 Å². The van der Waals surface area contributed by atoms with Crippen LogP contribution in [-0.2, 0) is 11.4 Å². The molecule has 1 amide bonds. The first-order valence-electron chi connectivity index (χ1n) is 10.5. The van der Waals surface area contributed by atoms with E-state index in [4.69, 9.17) is 21.7 Å². The SMILES string of the molecule is CCOc1cc(C=C2SC(=S)N(n3c(C)ccc3C)C2=O)cc(Br)c1OCc1ccc(I)cc1. The minimum atomic E-state index is -0.148. The number of nitrogens with zero attached hydrogens (tertiary/aromatic N) is 2. The highest BCUT2D eigenvalue weighted by Gasteiger charge is 2.34. The number of hydrogen-bond acceptors (Lipinski definition) is 5. The molecule has 0 saturated carbocycles. The third kappa shape index (κ3) is 5.37. The van der Waals surface area contributed by atoms with Crippen LogP contribution in [0, 0.1) is 17.4 Å². The molecular formula is C25H22BrIN2O3S2. The standard InChI is InChI=1S/C25H22BrIN2O3S2/c1-4-31-21-12-18(11-20(26)23(21)32-14-17-7-9-19(27)10-8-17)13-22-24(30)29(25(33)34-22)28-15(2)5-6-16(28)3/h5-13H,4,14H2,1-3H3. The van der Waals surface area contributed by atoms with Crippen LogP contribution in [-0.4, -0.2) is 21.5 Å². The van der Waals surface area contributed by atoms with E-state index in [9.17, 15) is 4.79 Å². The van der Waals surface area contributed by atoms with Crippen molar-refractivity contribution >= 4 is 78.8 Å². The summed E-state index contributed by atoms with van der Waals surface area (Å²) in [4.78, 5) is 13.8. The number of benzene rings is 2. The van der Waals surface area contributed by atoms with E-state index in [0.29, 0.717) is 33.9 Å². The summed E-state index contributed by atoms with van der Waals surface area (Å²) in [5.41, 5.74) is 3.79. The van der Waals surface area contributed by atoms with E-state index in [2.05, 4.69) is 38.5 Å². The van der Waals surface area contributed by atoms with Crippen LogP contribution < -0.4 is 14.5 Å². The fraction of sp³-hybridized carbons (Fsp3) is 0.200. The first kappa shape index (κ1) is 25.3. The van der Waals surface area contributed by atoms with Crippen LogP contribution in [0.15, 0.2) is 57.9 Å². The third-order valence-electron chi connectivity index (χ3n) is 5.13. The lowest BCUT2D eigenvalue weighted by Crippen LogP contribution is -2.39. The number of rotatable bonds is 7. The summed E-state index contributed by atoms with van der Waals surface area (Å²) in [6.45, 7) is 6.75. The van der Waals surface area contributed by atoms with Crippen LogP contribution in [0.5, 0.6) is 11.5 Å². The molecule has 4 rings (SSSR count). The van der Waals surface area contributed by atoms with Gasteiger partial charge >= 0.3 is 0 Å². The number of thiocarbonyl (C=S) groups is 1. The summed E-state index contributed by atoms with van der Waals surface area (Å²) in [6, 6.07) is 15.9. The average Bonchev–Trinajstić information content (AvgIpc) is 3.25. The van der Waals surface area contributed by atoms with Crippen molar-refractivity contribution in [3.63, 3.8) is 0 Å². The Morgan fingerprint density at radius 3 is 2.41 bits per heavy atom. The molecular weight excluding hydrogens is 647 g/mol. The molecule has 3 aromatic rings. The molecule has 1 fully saturated rings. The molecule has 0 spiro atoms. The van der Waals surface area contributed by atoms with Gasteiger partial charge in [-0.1, -0.05) is 23.9 Å². The lowest BCUT2D eigenvalue weighted by atomic mass is 10.1. The molecule has 1 aliphatic rings. The molecule has 0 bridgehead atoms. The van der Waals surface area contributed by atoms with Crippen molar-refractivity contribution in [1.82, 2.24) is 4.68 Å². The number of hydrogen-bond donors (Lipinski definition) is 0. The fourth-order valence-electron chi connectivity index (χ4n) is 3.57. The van der Waals surface area contributed by atoms with Crippen molar-refractivity contribution in [1.29, 1.82) is 0 Å². The number of aryl methyl sites for hydroxylation is 2. The monoisotopic (exact) mass is 668 g/mol. The molecule has 0 radical (unpaired) electrons. The normalized spacial score (nSPS) is 14.9. The van der Waals surface area contributed by atoms with Crippen molar-refractivity contribution in [2.24, 2.45) is 0 Å². The zero-order chi connectivity index (χ0) is 24.4. The average molecular weight is 669 g/mol. The summed E-state index contributed by atoms with van der Waals surface area (Å²) >= 11 is 12.7. The van der Waals surface area contributed by atoms with E-state index in [-0.39, 0.29) is 5.91 Å². The van der Waals surface area contributed by atoms with E-state index < -0.39 is 0 Å². The van der Waals surface area contributed by atoms with Gasteiger partial charge in [0.1, 0.15) is 6.61 Å². The number of amides is 1. The fourth-order valence-corrected chi connectivity index (χ4v) is 5.75. The predicted molar refractivity (Wildman–Crippen MR) is 154 cm³/mol. The van der Waals surface area contributed by atoms with Gasteiger partial charge in [-0.2, -0.15) is 5.01 Å². The maximum absolute atomic E-state index is 13.2. The minimum absolute atomic E-state index is 0.148. The Labute approximate surface area is 230 Å². The summed E-state index contributed by atoms with van der Waals surface area (Å²) in [6.07, 6.45) is 1.84. The molecule has 1 saturated heterocycles. The number of carbonyl (C=O) groups excluding carboxylic acids is 1. The van der Waals surface area contributed by atoms with E-state index in [0.717, 1.165) is 27.0 Å². The Kier molecular flexibility index (Phi) is 8.06. The minimum Gasteiger partial charge on any atom is -0.490 e. The quantitative estimate of drug-likeness (QED) is 0.154. The molecule has 0 aliphatic carbocycles. The highest BCUT2D eigenvalue weighted by Crippen LogP contribution is 2.40. The Balaban J connectivity index is 1.61. The third-order valence-corrected chi connectivity index (χ3v) is 7.72. The van der Waals surface area contributed by atoms with E-state index in [1.807, 2.05) is 80.1 Å². The highest BCUT2D eigenvalue weighted by molar-refractivity contribution is 14.1. The van der Waals surface area contributed by atoms with Crippen molar-refractivity contribution in [2.45, 2.75) is 27.4 Å². The zero-order valence-corrected chi connectivity index (χ0v) is 24.2. The second-order valence-electron chi connectivity index (χ2n) is 7.60. The summed E-state index contributed by atoms with van der Waals surface area (Å²) in [5, 5.41) is 1.55. The molecule has 9 heteroatoms. The predicted octanol–water partition coefficient (Wildman–Crippen LogP) is 6.99. The van der Waals surface area contributed by atoms with Gasteiger partial charge < -0.3 is 9.47 Å². The van der Waals surface area contributed by atoms with E-state index >= 15 is 0 Å². The number of aromatic nitrogens is 1. The van der Waals surface area contributed by atoms with Gasteiger partial charge in [0, 0.05) is 15.0 Å². The van der Waals surface area contributed by atoms with Gasteiger partial charge in [0.2, 0.25) is 0 Å². The second kappa shape index (κ2) is 10.8. The zero-order valence-electron chi connectivity index (χ0n) is 18.8. The molecule has 0 atom stereocenters. The second-order valence-corrected chi connectivity index (χ2v) is 11.4. The summed E-state index contributed by atoms with van der Waals surface area (Å²) in [5.74, 6) is 1.09. The number of thioether (sulfide) groups is 1. The topological polar surface area (TPSA) is 43.7 Å². The van der Waals surface area contributed by atoms with Crippen molar-refractivity contribution in [3.8, 4) is 11.5 Å². The molecule has 176 valence electrons. The Morgan fingerprint density at radius 2 is 1.76 bits per heavy atom. The smallest absolute Gasteiger partial charge is 0.285 e. The molecule has 5 nitrogen and oxygen atoms in total. The molecule has 0 N–H and O–H groups in total. The first-order chi connectivity index (χ1) is 16.3. The van der Waals surface area contributed by atoms with Gasteiger partial charge in [-0.15, -0.1) is 0 Å². The van der Waals surface area contributed by atoms with Crippen molar-refractivity contribution in [3.05, 3.63) is 84.0 Å². The maximum Gasteiger partial charge on any atom is 0.285 e. The molecule has 2 aromatic carbocycles. The lowest BCUT2D eigenvalue weighted by Gasteiger charge is -2.20.